The molecule has 0 aromatic carbocycles. The van der Waals surface area contributed by atoms with E-state index >= 15 is 0 Å². The van der Waals surface area contributed by atoms with Gasteiger partial charge < -0.3 is 10.4 Å². The van der Waals surface area contributed by atoms with Crippen molar-refractivity contribution in [2.24, 2.45) is 0 Å². The fraction of sp³-hybridized carbons (Fsp3) is 0.714. The topological polar surface area (TPSA) is 62.5 Å². The van der Waals surface area contributed by atoms with Crippen molar-refractivity contribution in [2.45, 2.75) is 57.5 Å². The fourth-order valence-electron chi connectivity index (χ4n) is 2.58. The van der Waals surface area contributed by atoms with Gasteiger partial charge in [-0.25, -0.2) is 9.50 Å². The van der Waals surface area contributed by atoms with Crippen LogP contribution in [-0.4, -0.2) is 31.9 Å². The summed E-state index contributed by atoms with van der Waals surface area (Å²) in [5.74, 6) is 0. The molecule has 1 saturated carbocycles. The second-order valence-corrected chi connectivity index (χ2v) is 7.75. The smallest absolute Gasteiger partial charge is 0.214 e. The highest BCUT2D eigenvalue weighted by atomic mass is 32.1. The van der Waals surface area contributed by atoms with Gasteiger partial charge in [-0.3, -0.25) is 0 Å². The zero-order valence-corrected chi connectivity index (χ0v) is 13.1. The maximum Gasteiger partial charge on any atom is 0.214 e. The van der Waals surface area contributed by atoms with Crippen LogP contribution in [0.4, 0.5) is 5.13 Å². The number of nitrogens with zero attached hydrogens (tertiary/aromatic N) is 3. The first-order valence-electron chi connectivity index (χ1n) is 7.19. The van der Waals surface area contributed by atoms with Gasteiger partial charge in [0.05, 0.1) is 17.5 Å². The molecule has 0 atom stereocenters. The molecule has 0 saturated heterocycles. The van der Waals surface area contributed by atoms with Crippen molar-refractivity contribution < 1.29 is 5.11 Å². The Kier molecular flexibility index (Phi) is 3.25. The predicted octanol–water partition coefficient (Wildman–Crippen LogP) is 2.81. The molecule has 0 amide bonds. The molecular formula is C14H22N4OS. The average molecular weight is 294 g/mol. The molecule has 20 heavy (non-hydrogen) atoms. The van der Waals surface area contributed by atoms with E-state index in [9.17, 15) is 5.11 Å². The number of fused-ring (bicyclic) bond motifs is 1. The van der Waals surface area contributed by atoms with Crippen LogP contribution in [0, 0.1) is 0 Å². The predicted molar refractivity (Wildman–Crippen MR) is 81.5 cm³/mol. The summed E-state index contributed by atoms with van der Waals surface area (Å²) in [5, 5.41) is 18.9. The third-order valence-corrected chi connectivity index (χ3v) is 4.79. The van der Waals surface area contributed by atoms with E-state index in [1.165, 1.54) is 11.3 Å². The van der Waals surface area contributed by atoms with Crippen molar-refractivity contribution in [3.05, 3.63) is 11.9 Å². The number of aliphatic hydroxyl groups is 1. The van der Waals surface area contributed by atoms with Gasteiger partial charge in [-0.2, -0.15) is 0 Å². The van der Waals surface area contributed by atoms with Crippen LogP contribution in [0.3, 0.4) is 0 Å². The molecule has 3 rings (SSSR count). The lowest BCUT2D eigenvalue weighted by atomic mass is 9.93. The van der Waals surface area contributed by atoms with Gasteiger partial charge in [-0.1, -0.05) is 44.9 Å². The molecular weight excluding hydrogens is 272 g/mol. The van der Waals surface area contributed by atoms with E-state index in [2.05, 4.69) is 36.2 Å². The summed E-state index contributed by atoms with van der Waals surface area (Å²) in [6, 6.07) is 0. The van der Waals surface area contributed by atoms with Crippen LogP contribution in [0.1, 0.15) is 52.1 Å². The summed E-state index contributed by atoms with van der Waals surface area (Å²) in [4.78, 5) is 5.52. The number of rotatable bonds is 3. The zero-order valence-electron chi connectivity index (χ0n) is 12.3. The Morgan fingerprint density at radius 2 is 2.10 bits per heavy atom. The maximum absolute atomic E-state index is 10.3. The van der Waals surface area contributed by atoms with Crippen LogP contribution in [0.5, 0.6) is 0 Å². The van der Waals surface area contributed by atoms with Gasteiger partial charge in [0.2, 0.25) is 10.1 Å². The molecule has 2 heterocycles. The van der Waals surface area contributed by atoms with Gasteiger partial charge in [0.15, 0.2) is 0 Å². The van der Waals surface area contributed by atoms with Crippen LogP contribution in [0.2, 0.25) is 0 Å². The fourth-order valence-corrected chi connectivity index (χ4v) is 3.36. The van der Waals surface area contributed by atoms with E-state index < -0.39 is 5.60 Å². The van der Waals surface area contributed by atoms with Gasteiger partial charge in [-0.05, 0) is 12.8 Å². The quantitative estimate of drug-likeness (QED) is 0.913. The molecule has 2 aromatic rings. The van der Waals surface area contributed by atoms with Crippen LogP contribution >= 0.6 is 11.3 Å². The molecule has 0 bridgehead atoms. The van der Waals surface area contributed by atoms with E-state index in [1.807, 2.05) is 10.7 Å². The van der Waals surface area contributed by atoms with E-state index in [0.29, 0.717) is 6.54 Å². The van der Waals surface area contributed by atoms with Crippen LogP contribution in [0.15, 0.2) is 6.20 Å². The Balaban J connectivity index is 1.72. The maximum atomic E-state index is 10.3. The highest BCUT2D eigenvalue weighted by Gasteiger charge is 2.31. The van der Waals surface area contributed by atoms with Gasteiger partial charge in [-0.15, -0.1) is 5.10 Å². The van der Waals surface area contributed by atoms with E-state index in [0.717, 1.165) is 41.5 Å². The second kappa shape index (κ2) is 4.70. The molecule has 2 aromatic heterocycles. The van der Waals surface area contributed by atoms with Crippen molar-refractivity contribution in [3.8, 4) is 0 Å². The first-order chi connectivity index (χ1) is 9.36. The highest BCUT2D eigenvalue weighted by Crippen LogP contribution is 2.30. The van der Waals surface area contributed by atoms with Gasteiger partial charge in [0.25, 0.3) is 0 Å². The number of hydrogen-bond donors (Lipinski definition) is 2. The largest absolute Gasteiger partial charge is 0.388 e. The Labute approximate surface area is 123 Å². The third kappa shape index (κ3) is 2.67. The molecule has 1 aliphatic carbocycles. The van der Waals surface area contributed by atoms with Crippen molar-refractivity contribution in [2.75, 3.05) is 11.9 Å². The average Bonchev–Trinajstić information content (AvgIpc) is 2.99. The molecule has 110 valence electrons. The van der Waals surface area contributed by atoms with Gasteiger partial charge >= 0.3 is 0 Å². The third-order valence-electron chi connectivity index (χ3n) is 3.91. The van der Waals surface area contributed by atoms with Crippen LogP contribution in [-0.2, 0) is 5.41 Å². The van der Waals surface area contributed by atoms with E-state index in [-0.39, 0.29) is 5.41 Å². The lowest BCUT2D eigenvalue weighted by molar-refractivity contribution is 0.0614. The Bertz CT molecular complexity index is 573. The molecule has 2 N–H and O–H groups in total. The molecule has 0 unspecified atom stereocenters. The van der Waals surface area contributed by atoms with Crippen molar-refractivity contribution >= 4 is 21.4 Å². The summed E-state index contributed by atoms with van der Waals surface area (Å²) in [5.41, 5.74) is 0.543. The van der Waals surface area contributed by atoms with Crippen LogP contribution in [0.25, 0.3) is 4.96 Å². The molecule has 6 heteroatoms. The summed E-state index contributed by atoms with van der Waals surface area (Å²) in [7, 11) is 0. The number of hydrogen-bond acceptors (Lipinski definition) is 5. The summed E-state index contributed by atoms with van der Waals surface area (Å²) < 4.78 is 1.83. The first kappa shape index (κ1) is 13.8. The lowest BCUT2D eigenvalue weighted by Gasteiger charge is -2.21. The summed E-state index contributed by atoms with van der Waals surface area (Å²) in [6.07, 6.45) is 6.00. The van der Waals surface area contributed by atoms with Crippen molar-refractivity contribution in [3.63, 3.8) is 0 Å². The summed E-state index contributed by atoms with van der Waals surface area (Å²) >= 11 is 1.53. The zero-order chi connectivity index (χ0) is 14.4. The molecule has 0 radical (unpaired) electrons. The molecule has 0 spiro atoms. The first-order valence-corrected chi connectivity index (χ1v) is 8.00. The van der Waals surface area contributed by atoms with Gasteiger partial charge in [0.1, 0.15) is 0 Å². The summed E-state index contributed by atoms with van der Waals surface area (Å²) in [6.45, 7) is 7.02. The van der Waals surface area contributed by atoms with Gasteiger partial charge in [0, 0.05) is 12.0 Å². The van der Waals surface area contributed by atoms with Crippen LogP contribution < -0.4 is 5.32 Å². The number of nitrogens with one attached hydrogen (secondary N) is 1. The Hall–Kier alpha value is -1.14. The van der Waals surface area contributed by atoms with Crippen molar-refractivity contribution in [1.82, 2.24) is 14.6 Å². The Morgan fingerprint density at radius 3 is 2.70 bits per heavy atom. The normalized spacial score (nSPS) is 18.8. The minimum absolute atomic E-state index is 0.0417. The number of anilines is 1. The molecule has 5 nitrogen and oxygen atoms in total. The van der Waals surface area contributed by atoms with Crippen molar-refractivity contribution in [1.29, 1.82) is 0 Å². The highest BCUT2D eigenvalue weighted by molar-refractivity contribution is 7.20. The molecule has 1 fully saturated rings. The Morgan fingerprint density at radius 1 is 1.40 bits per heavy atom. The number of aromatic nitrogens is 3. The monoisotopic (exact) mass is 294 g/mol. The van der Waals surface area contributed by atoms with E-state index in [4.69, 9.17) is 0 Å². The second-order valence-electron chi connectivity index (χ2n) is 6.80. The standard InChI is InChI=1S/C14H22N4OS/c1-13(2,3)10-8-18-12(16-10)20-11(17-18)15-9-14(19)6-4-5-7-14/h8,19H,4-7,9H2,1-3H3,(H,15,17). The minimum atomic E-state index is -0.551. The molecule has 0 aliphatic heterocycles. The number of imidazole rings is 1. The minimum Gasteiger partial charge on any atom is -0.388 e. The molecule has 1 aliphatic rings. The van der Waals surface area contributed by atoms with E-state index in [1.54, 1.807) is 0 Å². The SMILES string of the molecule is CC(C)(C)c1cn2nc(NCC3(O)CCCC3)sc2n1. The lowest BCUT2D eigenvalue weighted by Crippen LogP contribution is -2.33.